The fourth-order valence-corrected chi connectivity index (χ4v) is 4.76. The minimum atomic E-state index is -3.72. The Morgan fingerprint density at radius 3 is 2.33 bits per heavy atom. The molecule has 0 aliphatic carbocycles. The molecule has 0 amide bonds. The van der Waals surface area contributed by atoms with Gasteiger partial charge in [-0.3, -0.25) is 9.10 Å². The molecule has 2 aliphatic heterocycles. The van der Waals surface area contributed by atoms with Crippen LogP contribution in [0.3, 0.4) is 0 Å². The van der Waals surface area contributed by atoms with Gasteiger partial charge in [0.2, 0.25) is 0 Å². The number of nitrogens with zero attached hydrogens (tertiary/aromatic N) is 1. The molecule has 3 rings (SSSR count). The summed E-state index contributed by atoms with van der Waals surface area (Å²) in [6.45, 7) is 7.07. The lowest BCUT2D eigenvalue weighted by Crippen LogP contribution is -2.49. The molecule has 3 unspecified atom stereocenters. The zero-order valence-corrected chi connectivity index (χ0v) is 15.0. The predicted octanol–water partition coefficient (Wildman–Crippen LogP) is 2.78. The summed E-state index contributed by atoms with van der Waals surface area (Å²) in [6.07, 6.45) is 2.63. The summed E-state index contributed by atoms with van der Waals surface area (Å²) in [5.74, 6) is 0.215. The highest BCUT2D eigenvalue weighted by molar-refractivity contribution is 7.89. The predicted molar refractivity (Wildman–Crippen MR) is 90.5 cm³/mol. The molecule has 0 radical (unpaired) electrons. The van der Waals surface area contributed by atoms with Crippen molar-refractivity contribution in [1.29, 1.82) is 0 Å². The first-order valence-corrected chi connectivity index (χ1v) is 9.30. The van der Waals surface area contributed by atoms with Crippen molar-refractivity contribution < 1.29 is 17.9 Å². The summed E-state index contributed by atoms with van der Waals surface area (Å²) in [6, 6.07) is 6.26. The molecule has 0 spiro atoms. The normalized spacial score (nSPS) is 26.3. The van der Waals surface area contributed by atoms with E-state index in [1.165, 1.54) is 17.4 Å². The second-order valence-electron chi connectivity index (χ2n) is 6.39. The van der Waals surface area contributed by atoms with Crippen LogP contribution in [0, 0.1) is 12.8 Å². The lowest BCUT2D eigenvalue weighted by atomic mass is 9.88. The average Bonchev–Trinajstić information content (AvgIpc) is 2.82. The number of allylic oxidation sites excluding steroid dienone is 1. The fourth-order valence-electron chi connectivity index (χ4n) is 3.23. The van der Waals surface area contributed by atoms with Crippen molar-refractivity contribution in [3.05, 3.63) is 53.4 Å². The number of hydrogen-bond donors (Lipinski definition) is 0. The number of rotatable bonds is 3. The molecule has 6 heteroatoms. The molecule has 0 N–H and O–H groups in total. The number of ether oxygens (including phenoxy) is 1. The average molecular weight is 347 g/mol. The number of aryl methyl sites for hydroxylation is 1. The van der Waals surface area contributed by atoms with Gasteiger partial charge in [-0.25, -0.2) is 8.42 Å². The Morgan fingerprint density at radius 2 is 1.75 bits per heavy atom. The lowest BCUT2D eigenvalue weighted by molar-refractivity contribution is -0.123. The number of Topliss-reactive ketones (excluding diaryl/α,β-unsaturated/α-hetero) is 1. The molecule has 2 heterocycles. The van der Waals surface area contributed by atoms with Gasteiger partial charge in [-0.2, -0.15) is 0 Å². The van der Waals surface area contributed by atoms with Crippen LogP contribution in [0.4, 0.5) is 0 Å². The first kappa shape index (κ1) is 16.8. The van der Waals surface area contributed by atoms with E-state index in [0.717, 1.165) is 11.1 Å². The summed E-state index contributed by atoms with van der Waals surface area (Å²) >= 11 is 0. The maximum Gasteiger partial charge on any atom is 0.264 e. The van der Waals surface area contributed by atoms with Gasteiger partial charge in [-0.1, -0.05) is 23.8 Å². The van der Waals surface area contributed by atoms with E-state index in [2.05, 4.69) is 0 Å². The van der Waals surface area contributed by atoms with E-state index >= 15 is 0 Å². The van der Waals surface area contributed by atoms with Crippen LogP contribution < -0.4 is 0 Å². The van der Waals surface area contributed by atoms with E-state index in [0.29, 0.717) is 5.76 Å². The van der Waals surface area contributed by atoms with Gasteiger partial charge < -0.3 is 4.74 Å². The molecule has 0 aromatic heterocycles. The molecule has 1 aromatic carbocycles. The third-order valence-corrected chi connectivity index (χ3v) is 6.53. The van der Waals surface area contributed by atoms with Crippen molar-refractivity contribution in [1.82, 2.24) is 4.31 Å². The van der Waals surface area contributed by atoms with Gasteiger partial charge in [0, 0.05) is 6.20 Å². The van der Waals surface area contributed by atoms with Crippen molar-refractivity contribution in [2.75, 3.05) is 0 Å². The minimum absolute atomic E-state index is 0.0314. The molecular formula is C18H21NO4S. The molecule has 0 saturated heterocycles. The molecule has 5 nitrogen and oxygen atoms in total. The maximum absolute atomic E-state index is 13.1. The van der Waals surface area contributed by atoms with Crippen molar-refractivity contribution in [2.24, 2.45) is 5.92 Å². The van der Waals surface area contributed by atoms with E-state index in [9.17, 15) is 13.2 Å². The molecule has 24 heavy (non-hydrogen) atoms. The first-order chi connectivity index (χ1) is 11.2. The number of hydrogen-bond acceptors (Lipinski definition) is 4. The summed E-state index contributed by atoms with van der Waals surface area (Å²) in [5.41, 5.74) is 1.83. The van der Waals surface area contributed by atoms with Gasteiger partial charge in [0.1, 0.15) is 17.9 Å². The van der Waals surface area contributed by atoms with E-state index < -0.39 is 28.1 Å². The number of sulfonamides is 1. The minimum Gasteiger partial charge on any atom is -0.491 e. The number of ketones is 1. The first-order valence-electron chi connectivity index (χ1n) is 7.86. The summed E-state index contributed by atoms with van der Waals surface area (Å²) in [7, 11) is -3.72. The second kappa shape index (κ2) is 5.77. The Hall–Kier alpha value is -2.08. The van der Waals surface area contributed by atoms with Crippen LogP contribution in [0.2, 0.25) is 0 Å². The molecule has 3 atom stereocenters. The van der Waals surface area contributed by atoms with Crippen LogP contribution in [0.5, 0.6) is 0 Å². The highest BCUT2D eigenvalue weighted by Gasteiger charge is 2.48. The quantitative estimate of drug-likeness (QED) is 0.843. The van der Waals surface area contributed by atoms with Gasteiger partial charge in [0.05, 0.1) is 16.6 Å². The highest BCUT2D eigenvalue weighted by atomic mass is 32.2. The van der Waals surface area contributed by atoms with Gasteiger partial charge in [-0.05, 0) is 45.4 Å². The maximum atomic E-state index is 13.1. The Morgan fingerprint density at radius 1 is 1.12 bits per heavy atom. The topological polar surface area (TPSA) is 63.7 Å². The van der Waals surface area contributed by atoms with Crippen LogP contribution in [-0.4, -0.2) is 30.7 Å². The third kappa shape index (κ3) is 2.55. The van der Waals surface area contributed by atoms with Gasteiger partial charge >= 0.3 is 0 Å². The van der Waals surface area contributed by atoms with E-state index in [1.54, 1.807) is 30.3 Å². The van der Waals surface area contributed by atoms with Gasteiger partial charge in [0.15, 0.2) is 0 Å². The largest absolute Gasteiger partial charge is 0.491 e. The smallest absolute Gasteiger partial charge is 0.264 e. The number of carbonyl (C=O) groups is 1. The van der Waals surface area contributed by atoms with Gasteiger partial charge in [-0.15, -0.1) is 0 Å². The summed E-state index contributed by atoms with van der Waals surface area (Å²) in [4.78, 5) is 12.1. The zero-order chi connectivity index (χ0) is 17.6. The Balaban J connectivity index is 2.08. The van der Waals surface area contributed by atoms with Gasteiger partial charge in [0.25, 0.3) is 10.0 Å². The van der Waals surface area contributed by atoms with Crippen LogP contribution in [0.15, 0.2) is 52.8 Å². The third-order valence-electron chi connectivity index (χ3n) is 4.76. The SMILES string of the molecule is CC(=O)C1C=CN(S(=O)(=O)c2ccc(C)cc2)C2C(C)=C(C)OC12. The number of benzene rings is 1. The van der Waals surface area contributed by atoms with E-state index in [-0.39, 0.29) is 10.7 Å². The molecule has 0 bridgehead atoms. The Labute approximate surface area is 142 Å². The van der Waals surface area contributed by atoms with Crippen molar-refractivity contribution in [2.45, 2.75) is 44.7 Å². The molecular weight excluding hydrogens is 326 g/mol. The van der Waals surface area contributed by atoms with Crippen molar-refractivity contribution >= 4 is 15.8 Å². The molecule has 128 valence electrons. The lowest BCUT2D eigenvalue weighted by Gasteiger charge is -2.37. The Bertz CT molecular complexity index is 836. The number of fused-ring (bicyclic) bond motifs is 1. The highest BCUT2D eigenvalue weighted by Crippen LogP contribution is 2.39. The van der Waals surface area contributed by atoms with Crippen molar-refractivity contribution in [3.63, 3.8) is 0 Å². The standard InChI is InChI=1S/C18H21NO4S/c1-11-5-7-15(8-6-11)24(21,22)19-10-9-16(13(3)20)18-17(19)12(2)14(4)23-18/h5-10,16-18H,1-4H3. The molecule has 0 fully saturated rings. The number of carbonyl (C=O) groups excluding carboxylic acids is 1. The molecule has 1 aromatic rings. The van der Waals surface area contributed by atoms with E-state index in [4.69, 9.17) is 4.74 Å². The van der Waals surface area contributed by atoms with Crippen LogP contribution in [-0.2, 0) is 19.6 Å². The van der Waals surface area contributed by atoms with E-state index in [1.807, 2.05) is 20.8 Å². The van der Waals surface area contributed by atoms with Crippen molar-refractivity contribution in [3.8, 4) is 0 Å². The zero-order valence-electron chi connectivity index (χ0n) is 14.2. The van der Waals surface area contributed by atoms with Crippen LogP contribution in [0.1, 0.15) is 26.3 Å². The molecule has 2 aliphatic rings. The summed E-state index contributed by atoms with van der Waals surface area (Å²) < 4.78 is 33.3. The van der Waals surface area contributed by atoms with Crippen LogP contribution in [0.25, 0.3) is 0 Å². The fraction of sp³-hybridized carbons (Fsp3) is 0.389. The Kier molecular flexibility index (Phi) is 4.03. The van der Waals surface area contributed by atoms with Crippen LogP contribution >= 0.6 is 0 Å². The monoisotopic (exact) mass is 347 g/mol. The molecule has 0 saturated carbocycles. The second-order valence-corrected chi connectivity index (χ2v) is 8.24. The summed E-state index contributed by atoms with van der Waals surface area (Å²) in [5, 5.41) is 0.